The van der Waals surface area contributed by atoms with Crippen molar-refractivity contribution in [3.05, 3.63) is 35.4 Å². The van der Waals surface area contributed by atoms with Crippen molar-refractivity contribution < 1.29 is 19.4 Å². The van der Waals surface area contributed by atoms with Crippen LogP contribution in [0.1, 0.15) is 36.7 Å². The van der Waals surface area contributed by atoms with Crippen LogP contribution in [-0.2, 0) is 14.9 Å². The summed E-state index contributed by atoms with van der Waals surface area (Å²) in [5.41, 5.74) is 6.74. The smallest absolute Gasteiger partial charge is 0.338 e. The maximum Gasteiger partial charge on any atom is 0.338 e. The van der Waals surface area contributed by atoms with Crippen LogP contribution in [0.3, 0.4) is 0 Å². The number of carbonyl (C=O) groups is 2. The molecule has 0 aromatic heterocycles. The highest BCUT2D eigenvalue weighted by molar-refractivity contribution is 5.89. The molecule has 0 saturated heterocycles. The summed E-state index contributed by atoms with van der Waals surface area (Å²) in [5, 5.41) is 8.58. The molecule has 3 N–H and O–H groups in total. The molecule has 0 radical (unpaired) electrons. The van der Waals surface area contributed by atoms with Crippen molar-refractivity contribution in [3.63, 3.8) is 0 Å². The van der Waals surface area contributed by atoms with Crippen molar-refractivity contribution >= 4 is 11.9 Å². The van der Waals surface area contributed by atoms with E-state index >= 15 is 0 Å². The van der Waals surface area contributed by atoms with Crippen molar-refractivity contribution in [2.45, 2.75) is 32.2 Å². The molecule has 104 valence electrons. The van der Waals surface area contributed by atoms with Gasteiger partial charge < -0.3 is 15.6 Å². The van der Waals surface area contributed by atoms with E-state index in [9.17, 15) is 9.59 Å². The van der Waals surface area contributed by atoms with E-state index in [1.807, 2.05) is 12.1 Å². The predicted octanol–water partition coefficient (Wildman–Crippen LogP) is 1.55. The Bertz CT molecular complexity index is 459. The zero-order valence-electron chi connectivity index (χ0n) is 11.3. The molecule has 1 atom stereocenters. The first-order valence-corrected chi connectivity index (χ1v) is 5.98. The predicted molar refractivity (Wildman–Crippen MR) is 71.0 cm³/mol. The van der Waals surface area contributed by atoms with Crippen molar-refractivity contribution in [3.8, 4) is 0 Å². The molecule has 0 aliphatic rings. The Labute approximate surface area is 112 Å². The Morgan fingerprint density at radius 3 is 2.21 bits per heavy atom. The van der Waals surface area contributed by atoms with Crippen LogP contribution in [0.2, 0.25) is 0 Å². The third kappa shape index (κ3) is 4.37. The van der Waals surface area contributed by atoms with Gasteiger partial charge in [0.15, 0.2) is 0 Å². The second kappa shape index (κ2) is 5.84. The topological polar surface area (TPSA) is 89.6 Å². The zero-order valence-corrected chi connectivity index (χ0v) is 11.3. The number of benzene rings is 1. The molecule has 19 heavy (non-hydrogen) atoms. The third-order valence-electron chi connectivity index (χ3n) is 2.70. The van der Waals surface area contributed by atoms with Gasteiger partial charge in [-0.05, 0) is 23.1 Å². The fourth-order valence-corrected chi connectivity index (χ4v) is 1.43. The number of esters is 1. The van der Waals surface area contributed by atoms with E-state index in [0.717, 1.165) is 5.56 Å². The molecule has 0 aliphatic carbocycles. The molecule has 0 unspecified atom stereocenters. The number of ether oxygens (including phenoxy) is 1. The number of aliphatic carboxylic acids is 1. The van der Waals surface area contributed by atoms with E-state index in [-0.39, 0.29) is 12.0 Å². The average Bonchev–Trinajstić information content (AvgIpc) is 2.34. The molecule has 1 aromatic rings. The molecule has 1 rings (SSSR count). The van der Waals surface area contributed by atoms with Crippen LogP contribution in [0.15, 0.2) is 24.3 Å². The SMILES string of the molecule is CC(C)(C)c1ccc(C(=O)OC[C@H](N)C(=O)O)cc1. The zero-order chi connectivity index (χ0) is 14.6. The van der Waals surface area contributed by atoms with Gasteiger partial charge >= 0.3 is 11.9 Å². The Kier molecular flexibility index (Phi) is 4.67. The lowest BCUT2D eigenvalue weighted by Gasteiger charge is -2.19. The lowest BCUT2D eigenvalue weighted by atomic mass is 9.87. The normalized spacial score (nSPS) is 12.8. The Morgan fingerprint density at radius 1 is 1.26 bits per heavy atom. The first-order chi connectivity index (χ1) is 8.71. The summed E-state index contributed by atoms with van der Waals surface area (Å²) in [4.78, 5) is 22.1. The van der Waals surface area contributed by atoms with Gasteiger partial charge in [0.1, 0.15) is 12.6 Å². The summed E-state index contributed by atoms with van der Waals surface area (Å²) in [6.45, 7) is 5.89. The van der Waals surface area contributed by atoms with E-state index in [0.29, 0.717) is 5.56 Å². The quantitative estimate of drug-likeness (QED) is 0.806. The summed E-state index contributed by atoms with van der Waals surface area (Å²) in [5.74, 6) is -1.77. The molecule has 0 bridgehead atoms. The highest BCUT2D eigenvalue weighted by atomic mass is 16.5. The van der Waals surface area contributed by atoms with Gasteiger partial charge in [0.05, 0.1) is 5.56 Å². The van der Waals surface area contributed by atoms with Crippen LogP contribution in [0, 0.1) is 0 Å². The van der Waals surface area contributed by atoms with E-state index in [1.165, 1.54) is 0 Å². The van der Waals surface area contributed by atoms with Crippen LogP contribution in [0.5, 0.6) is 0 Å². The third-order valence-corrected chi connectivity index (χ3v) is 2.70. The van der Waals surface area contributed by atoms with Crippen LogP contribution in [0.25, 0.3) is 0 Å². The van der Waals surface area contributed by atoms with Gasteiger partial charge in [0.25, 0.3) is 0 Å². The lowest BCUT2D eigenvalue weighted by molar-refractivity contribution is -0.139. The molecule has 5 heteroatoms. The number of carboxylic acid groups (broad SMARTS) is 1. The fourth-order valence-electron chi connectivity index (χ4n) is 1.43. The maximum atomic E-state index is 11.7. The van der Waals surface area contributed by atoms with Crippen molar-refractivity contribution in [1.82, 2.24) is 0 Å². The van der Waals surface area contributed by atoms with Crippen LogP contribution in [-0.4, -0.2) is 29.7 Å². The van der Waals surface area contributed by atoms with Gasteiger partial charge in [-0.15, -0.1) is 0 Å². The first kappa shape index (κ1) is 15.2. The van der Waals surface area contributed by atoms with Gasteiger partial charge in [-0.2, -0.15) is 0 Å². The van der Waals surface area contributed by atoms with Gasteiger partial charge in [-0.3, -0.25) is 4.79 Å². The van der Waals surface area contributed by atoms with E-state index in [1.54, 1.807) is 12.1 Å². The second-order valence-corrected chi connectivity index (χ2v) is 5.37. The highest BCUT2D eigenvalue weighted by Gasteiger charge is 2.17. The number of rotatable bonds is 4. The Balaban J connectivity index is 2.66. The standard InChI is InChI=1S/C14H19NO4/c1-14(2,3)10-6-4-9(5-7-10)13(18)19-8-11(15)12(16)17/h4-7,11H,8,15H2,1-3H3,(H,16,17)/t11-/m0/s1. The molecule has 0 saturated carbocycles. The molecule has 1 aromatic carbocycles. The number of hydrogen-bond acceptors (Lipinski definition) is 4. The largest absolute Gasteiger partial charge is 0.480 e. The van der Waals surface area contributed by atoms with Gasteiger partial charge in [-0.25, -0.2) is 4.79 Å². The molecule has 0 amide bonds. The van der Waals surface area contributed by atoms with Crippen molar-refractivity contribution in [2.75, 3.05) is 6.61 Å². The monoisotopic (exact) mass is 265 g/mol. The lowest BCUT2D eigenvalue weighted by Crippen LogP contribution is -2.35. The first-order valence-electron chi connectivity index (χ1n) is 5.98. The van der Waals surface area contributed by atoms with Crippen LogP contribution >= 0.6 is 0 Å². The molecule has 0 heterocycles. The molecule has 0 spiro atoms. The fraction of sp³-hybridized carbons (Fsp3) is 0.429. The molecule has 5 nitrogen and oxygen atoms in total. The van der Waals surface area contributed by atoms with E-state index in [2.05, 4.69) is 20.8 Å². The maximum absolute atomic E-state index is 11.7. The Hall–Kier alpha value is -1.88. The minimum absolute atomic E-state index is 0.00803. The van der Waals surface area contributed by atoms with E-state index < -0.39 is 18.0 Å². The number of hydrogen-bond donors (Lipinski definition) is 2. The molecule has 0 aliphatic heterocycles. The van der Waals surface area contributed by atoms with Crippen LogP contribution in [0.4, 0.5) is 0 Å². The van der Waals surface area contributed by atoms with Crippen LogP contribution < -0.4 is 5.73 Å². The van der Waals surface area contributed by atoms with Crippen molar-refractivity contribution in [1.29, 1.82) is 0 Å². The molecular weight excluding hydrogens is 246 g/mol. The average molecular weight is 265 g/mol. The highest BCUT2D eigenvalue weighted by Crippen LogP contribution is 2.22. The number of nitrogens with two attached hydrogens (primary N) is 1. The van der Waals surface area contributed by atoms with Crippen molar-refractivity contribution in [2.24, 2.45) is 5.73 Å². The number of carbonyl (C=O) groups excluding carboxylic acids is 1. The number of carboxylic acids is 1. The minimum Gasteiger partial charge on any atom is -0.480 e. The van der Waals surface area contributed by atoms with Gasteiger partial charge in [0, 0.05) is 0 Å². The Morgan fingerprint density at radius 2 is 1.79 bits per heavy atom. The van der Waals surface area contributed by atoms with Gasteiger partial charge in [0.2, 0.25) is 0 Å². The summed E-state index contributed by atoms with van der Waals surface area (Å²) >= 11 is 0. The summed E-state index contributed by atoms with van der Waals surface area (Å²) in [7, 11) is 0. The van der Waals surface area contributed by atoms with E-state index in [4.69, 9.17) is 15.6 Å². The summed E-state index contributed by atoms with van der Waals surface area (Å²) < 4.78 is 4.83. The van der Waals surface area contributed by atoms with Gasteiger partial charge in [-0.1, -0.05) is 32.9 Å². The molecule has 0 fully saturated rings. The summed E-state index contributed by atoms with van der Waals surface area (Å²) in [6.07, 6.45) is 0. The second-order valence-electron chi connectivity index (χ2n) is 5.37. The molecular formula is C14H19NO4. The minimum atomic E-state index is -1.20. The summed E-state index contributed by atoms with van der Waals surface area (Å²) in [6, 6.07) is 5.84.